The van der Waals surface area contributed by atoms with E-state index in [-0.39, 0.29) is 24.2 Å². The summed E-state index contributed by atoms with van der Waals surface area (Å²) in [6.45, 7) is 7.96. The zero-order chi connectivity index (χ0) is 15.7. The molecule has 22 heavy (non-hydrogen) atoms. The van der Waals surface area contributed by atoms with Gasteiger partial charge in [0.25, 0.3) is 0 Å². The van der Waals surface area contributed by atoms with Gasteiger partial charge in [-0.05, 0) is 44.7 Å². The van der Waals surface area contributed by atoms with E-state index in [0.717, 1.165) is 38.1 Å². The van der Waals surface area contributed by atoms with Gasteiger partial charge < -0.3 is 9.47 Å². The molecule has 0 aromatic heterocycles. The molecule has 120 valence electrons. The van der Waals surface area contributed by atoms with Crippen molar-refractivity contribution in [3.63, 3.8) is 0 Å². The summed E-state index contributed by atoms with van der Waals surface area (Å²) < 4.78 is 11.5. The number of aryl methyl sites for hydroxylation is 2. The molecule has 2 fully saturated rings. The number of ether oxygens (including phenoxy) is 2. The fraction of sp³-hybridized carbons (Fsp3) is 0.611. The van der Waals surface area contributed by atoms with Crippen LogP contribution in [0.25, 0.3) is 0 Å². The molecule has 2 heterocycles. The highest BCUT2D eigenvalue weighted by atomic mass is 16.6. The van der Waals surface area contributed by atoms with Crippen molar-refractivity contribution in [3.8, 4) is 5.75 Å². The Kier molecular flexibility index (Phi) is 4.39. The Hall–Kier alpha value is -1.55. The Morgan fingerprint density at radius 2 is 1.82 bits per heavy atom. The molecule has 2 atom stereocenters. The largest absolute Gasteiger partial charge is 0.490 e. The number of hydrogen-bond donors (Lipinski definition) is 0. The van der Waals surface area contributed by atoms with Crippen LogP contribution in [-0.4, -0.2) is 42.2 Å². The van der Waals surface area contributed by atoms with E-state index in [9.17, 15) is 4.79 Å². The maximum atomic E-state index is 11.9. The first kappa shape index (κ1) is 15.3. The summed E-state index contributed by atoms with van der Waals surface area (Å²) in [4.78, 5) is 14.1. The van der Waals surface area contributed by atoms with Gasteiger partial charge >= 0.3 is 5.97 Å². The lowest BCUT2D eigenvalue weighted by Gasteiger charge is -2.34. The average molecular weight is 303 g/mol. The van der Waals surface area contributed by atoms with Crippen LogP contribution in [0.2, 0.25) is 0 Å². The van der Waals surface area contributed by atoms with Crippen LogP contribution in [0.5, 0.6) is 5.75 Å². The predicted molar refractivity (Wildman–Crippen MR) is 85.1 cm³/mol. The third-order valence-corrected chi connectivity index (χ3v) is 4.76. The number of carbonyl (C=O) groups excluding carboxylic acids is 1. The highest BCUT2D eigenvalue weighted by molar-refractivity contribution is 5.78. The molecule has 3 rings (SSSR count). The normalized spacial score (nSPS) is 27.0. The molecular weight excluding hydrogens is 278 g/mol. The molecule has 2 saturated heterocycles. The molecular formula is C18H25NO3. The molecule has 0 radical (unpaired) electrons. The molecule has 0 N–H and O–H groups in total. The van der Waals surface area contributed by atoms with Gasteiger partial charge in [-0.2, -0.15) is 0 Å². The van der Waals surface area contributed by atoms with Gasteiger partial charge in [-0.3, -0.25) is 9.69 Å². The minimum atomic E-state index is -0.0541. The second kappa shape index (κ2) is 6.29. The number of para-hydroxylation sites is 1. The molecule has 0 saturated carbocycles. The number of nitrogens with zero attached hydrogens (tertiary/aromatic N) is 1. The third kappa shape index (κ3) is 3.12. The molecule has 4 heteroatoms. The molecule has 2 aliphatic rings. The maximum Gasteiger partial charge on any atom is 0.323 e. The number of carbonyl (C=O) groups is 1. The number of benzene rings is 1. The predicted octanol–water partition coefficient (Wildman–Crippen LogP) is 2.85. The van der Waals surface area contributed by atoms with E-state index in [1.54, 1.807) is 0 Å². The fourth-order valence-electron chi connectivity index (χ4n) is 3.49. The van der Waals surface area contributed by atoms with Crippen molar-refractivity contribution in [2.24, 2.45) is 0 Å². The maximum absolute atomic E-state index is 11.9. The first-order valence-electron chi connectivity index (χ1n) is 8.22. The van der Waals surface area contributed by atoms with Crippen LogP contribution in [0.15, 0.2) is 18.2 Å². The van der Waals surface area contributed by atoms with Gasteiger partial charge in [0.1, 0.15) is 24.0 Å². The third-order valence-electron chi connectivity index (χ3n) is 4.76. The summed E-state index contributed by atoms with van der Waals surface area (Å²) in [6.07, 6.45) is 3.05. The van der Waals surface area contributed by atoms with Gasteiger partial charge in [-0.1, -0.05) is 18.2 Å². The Balaban J connectivity index is 1.57. The zero-order valence-corrected chi connectivity index (χ0v) is 13.7. The van der Waals surface area contributed by atoms with Crippen LogP contribution in [-0.2, 0) is 9.53 Å². The minimum Gasteiger partial charge on any atom is -0.490 e. The van der Waals surface area contributed by atoms with E-state index < -0.39 is 0 Å². The van der Waals surface area contributed by atoms with E-state index in [0.29, 0.717) is 0 Å². The van der Waals surface area contributed by atoms with E-state index in [1.165, 1.54) is 11.1 Å². The molecule has 0 bridgehead atoms. The topological polar surface area (TPSA) is 38.8 Å². The van der Waals surface area contributed by atoms with Gasteiger partial charge in [-0.25, -0.2) is 0 Å². The zero-order valence-electron chi connectivity index (χ0n) is 13.7. The lowest BCUT2D eigenvalue weighted by atomic mass is 10.0. The Labute approximate surface area is 132 Å². The van der Waals surface area contributed by atoms with Crippen molar-refractivity contribution in [1.82, 2.24) is 4.90 Å². The number of hydrogen-bond acceptors (Lipinski definition) is 4. The van der Waals surface area contributed by atoms with Crippen molar-refractivity contribution in [2.75, 3.05) is 13.1 Å². The van der Waals surface area contributed by atoms with E-state index >= 15 is 0 Å². The minimum absolute atomic E-state index is 0.0452. The van der Waals surface area contributed by atoms with Crippen LogP contribution in [0.4, 0.5) is 0 Å². The van der Waals surface area contributed by atoms with Crippen LogP contribution in [0, 0.1) is 13.8 Å². The lowest BCUT2D eigenvalue weighted by Crippen LogP contribution is -2.46. The number of likely N-dealkylation sites (tertiary alicyclic amines) is 1. The number of rotatable bonds is 3. The smallest absolute Gasteiger partial charge is 0.323 e. The van der Waals surface area contributed by atoms with Gasteiger partial charge in [-0.15, -0.1) is 0 Å². The summed E-state index contributed by atoms with van der Waals surface area (Å²) in [5.74, 6) is 0.969. The molecule has 2 aliphatic heterocycles. The molecule has 4 nitrogen and oxygen atoms in total. The van der Waals surface area contributed by atoms with E-state index in [4.69, 9.17) is 9.47 Å². The van der Waals surface area contributed by atoms with Crippen LogP contribution in [0.3, 0.4) is 0 Å². The molecule has 1 aromatic carbocycles. The number of esters is 1. The molecule has 0 aliphatic carbocycles. The number of cyclic esters (lactones) is 1. The van der Waals surface area contributed by atoms with Crippen molar-refractivity contribution in [3.05, 3.63) is 29.3 Å². The quantitative estimate of drug-likeness (QED) is 0.805. The van der Waals surface area contributed by atoms with Crippen LogP contribution < -0.4 is 4.74 Å². The van der Waals surface area contributed by atoms with E-state index in [2.05, 4.69) is 36.9 Å². The van der Waals surface area contributed by atoms with Crippen molar-refractivity contribution in [2.45, 2.75) is 58.3 Å². The average Bonchev–Trinajstić information content (AvgIpc) is 2.83. The van der Waals surface area contributed by atoms with Crippen molar-refractivity contribution in [1.29, 1.82) is 0 Å². The molecule has 0 unspecified atom stereocenters. The summed E-state index contributed by atoms with van der Waals surface area (Å²) in [6, 6.07) is 6.20. The van der Waals surface area contributed by atoms with Gasteiger partial charge in [0, 0.05) is 19.5 Å². The van der Waals surface area contributed by atoms with Gasteiger partial charge in [0.05, 0.1) is 0 Å². The number of piperidine rings is 1. The van der Waals surface area contributed by atoms with Crippen molar-refractivity contribution >= 4 is 5.97 Å². The first-order valence-corrected chi connectivity index (χ1v) is 8.22. The SMILES string of the molecule is Cc1cccc(C)c1OC1CCN([C@H]2C[C@@H](C)OC2=O)CC1. The second-order valence-corrected chi connectivity index (χ2v) is 6.57. The summed E-state index contributed by atoms with van der Waals surface area (Å²) >= 11 is 0. The lowest BCUT2D eigenvalue weighted by molar-refractivity contribution is -0.145. The second-order valence-electron chi connectivity index (χ2n) is 6.57. The molecule has 1 aromatic rings. The van der Waals surface area contributed by atoms with E-state index in [1.807, 2.05) is 6.92 Å². The highest BCUT2D eigenvalue weighted by Gasteiger charge is 2.38. The summed E-state index contributed by atoms with van der Waals surface area (Å²) in [5.41, 5.74) is 2.38. The van der Waals surface area contributed by atoms with Crippen LogP contribution >= 0.6 is 0 Å². The standard InChI is InChI=1S/C18H25NO3/c1-12-5-4-6-13(2)17(12)22-15-7-9-19(10-8-15)16-11-14(3)21-18(16)20/h4-6,14-16H,7-11H2,1-3H3/t14-,16+/m1/s1. The fourth-order valence-corrected chi connectivity index (χ4v) is 3.49. The molecule has 0 spiro atoms. The summed E-state index contributed by atoms with van der Waals surface area (Å²) in [5, 5.41) is 0. The first-order chi connectivity index (χ1) is 10.5. The highest BCUT2D eigenvalue weighted by Crippen LogP contribution is 2.28. The Bertz CT molecular complexity index is 529. The van der Waals surface area contributed by atoms with Crippen LogP contribution in [0.1, 0.15) is 37.3 Å². The summed E-state index contributed by atoms with van der Waals surface area (Å²) in [7, 11) is 0. The molecule has 0 amide bonds. The Morgan fingerprint density at radius 3 is 2.36 bits per heavy atom. The van der Waals surface area contributed by atoms with Gasteiger partial charge in [0.15, 0.2) is 0 Å². The monoisotopic (exact) mass is 303 g/mol. The van der Waals surface area contributed by atoms with Gasteiger partial charge in [0.2, 0.25) is 0 Å². The Morgan fingerprint density at radius 1 is 1.18 bits per heavy atom. The van der Waals surface area contributed by atoms with Crippen molar-refractivity contribution < 1.29 is 14.3 Å².